The molecule has 2 aromatic heterocycles. The number of likely N-dealkylation sites (tertiary alicyclic amines) is 1. The lowest BCUT2D eigenvalue weighted by atomic mass is 9.98. The minimum absolute atomic E-state index is 0.0988. The molecule has 0 saturated carbocycles. The van der Waals surface area contributed by atoms with E-state index in [1.807, 2.05) is 12.1 Å². The second-order valence-electron chi connectivity index (χ2n) is 7.37. The van der Waals surface area contributed by atoms with Crippen LogP contribution < -0.4 is 5.63 Å². The first-order chi connectivity index (χ1) is 13.7. The standard InChI is InChI=1S/C22H20N2O3S/c25-16-7-8-17-15(10-21(26)27-19(17)11-16)13-24-9-3-4-14(12-24)22-23-18-5-1-2-6-20(18)28-22/h1-2,5-8,10-11,14,25H,3-4,9,12-13H2/t14-/m0/s1. The average molecular weight is 392 g/mol. The molecule has 142 valence electrons. The lowest BCUT2D eigenvalue weighted by Gasteiger charge is -2.31. The van der Waals surface area contributed by atoms with Crippen LogP contribution in [0.25, 0.3) is 21.2 Å². The Labute approximate surface area is 165 Å². The number of thiazole rings is 1. The lowest BCUT2D eigenvalue weighted by molar-refractivity contribution is 0.200. The van der Waals surface area contributed by atoms with Crippen molar-refractivity contribution in [3.63, 3.8) is 0 Å². The summed E-state index contributed by atoms with van der Waals surface area (Å²) in [4.78, 5) is 19.2. The van der Waals surface area contributed by atoms with Gasteiger partial charge in [-0.3, -0.25) is 4.90 Å². The van der Waals surface area contributed by atoms with Crippen LogP contribution in [0.3, 0.4) is 0 Å². The molecule has 0 bridgehead atoms. The highest BCUT2D eigenvalue weighted by molar-refractivity contribution is 7.18. The van der Waals surface area contributed by atoms with Gasteiger partial charge in [0.1, 0.15) is 11.3 Å². The van der Waals surface area contributed by atoms with Gasteiger partial charge in [-0.2, -0.15) is 0 Å². The summed E-state index contributed by atoms with van der Waals surface area (Å²) in [6.45, 7) is 2.62. The maximum Gasteiger partial charge on any atom is 0.336 e. The van der Waals surface area contributed by atoms with Crippen molar-refractivity contribution in [2.45, 2.75) is 25.3 Å². The third-order valence-electron chi connectivity index (χ3n) is 5.37. The molecular weight excluding hydrogens is 372 g/mol. The van der Waals surface area contributed by atoms with E-state index in [1.165, 1.54) is 15.8 Å². The van der Waals surface area contributed by atoms with Crippen LogP contribution >= 0.6 is 11.3 Å². The Morgan fingerprint density at radius 2 is 2.11 bits per heavy atom. The molecule has 3 heterocycles. The summed E-state index contributed by atoms with van der Waals surface area (Å²) in [5.41, 5.74) is 2.07. The van der Waals surface area contributed by atoms with E-state index in [4.69, 9.17) is 9.40 Å². The maximum atomic E-state index is 12.0. The Hall–Kier alpha value is -2.70. The van der Waals surface area contributed by atoms with Crippen molar-refractivity contribution in [3.05, 3.63) is 69.5 Å². The molecule has 1 N–H and O–H groups in total. The van der Waals surface area contributed by atoms with Crippen LogP contribution in [0.4, 0.5) is 0 Å². The van der Waals surface area contributed by atoms with E-state index in [0.717, 1.165) is 42.4 Å². The Balaban J connectivity index is 1.41. The summed E-state index contributed by atoms with van der Waals surface area (Å²) in [5, 5.41) is 11.8. The summed E-state index contributed by atoms with van der Waals surface area (Å²) in [5.74, 6) is 0.517. The van der Waals surface area contributed by atoms with Crippen molar-refractivity contribution in [2.24, 2.45) is 0 Å². The van der Waals surface area contributed by atoms with Crippen molar-refractivity contribution in [1.82, 2.24) is 9.88 Å². The number of fused-ring (bicyclic) bond motifs is 2. The molecule has 0 aliphatic carbocycles. The average Bonchev–Trinajstić information content (AvgIpc) is 3.12. The summed E-state index contributed by atoms with van der Waals surface area (Å²) in [6.07, 6.45) is 2.25. The van der Waals surface area contributed by atoms with Crippen LogP contribution in [0.5, 0.6) is 5.75 Å². The first-order valence-corrected chi connectivity index (χ1v) is 10.3. The number of piperidine rings is 1. The zero-order chi connectivity index (χ0) is 19.1. The topological polar surface area (TPSA) is 66.6 Å². The molecule has 1 fully saturated rings. The lowest BCUT2D eigenvalue weighted by Crippen LogP contribution is -2.34. The number of nitrogens with zero attached hydrogens (tertiary/aromatic N) is 2. The Kier molecular flexibility index (Phi) is 4.37. The maximum absolute atomic E-state index is 12.0. The van der Waals surface area contributed by atoms with Crippen molar-refractivity contribution in [1.29, 1.82) is 0 Å². The summed E-state index contributed by atoms with van der Waals surface area (Å²) >= 11 is 1.79. The zero-order valence-corrected chi connectivity index (χ0v) is 16.1. The second-order valence-corrected chi connectivity index (χ2v) is 8.43. The van der Waals surface area contributed by atoms with Gasteiger partial charge in [-0.25, -0.2) is 9.78 Å². The van der Waals surface area contributed by atoms with Gasteiger partial charge in [-0.15, -0.1) is 11.3 Å². The van der Waals surface area contributed by atoms with Gasteiger partial charge in [0.25, 0.3) is 0 Å². The molecule has 1 atom stereocenters. The highest BCUT2D eigenvalue weighted by Crippen LogP contribution is 2.33. The Morgan fingerprint density at radius 3 is 3.00 bits per heavy atom. The van der Waals surface area contributed by atoms with Gasteiger partial charge in [-0.1, -0.05) is 12.1 Å². The van der Waals surface area contributed by atoms with Gasteiger partial charge in [0.05, 0.1) is 15.2 Å². The number of hydrogen-bond acceptors (Lipinski definition) is 6. The largest absolute Gasteiger partial charge is 0.508 e. The third-order valence-corrected chi connectivity index (χ3v) is 6.57. The van der Waals surface area contributed by atoms with Crippen LogP contribution in [0.1, 0.15) is 29.3 Å². The van der Waals surface area contributed by atoms with Gasteiger partial charge < -0.3 is 9.52 Å². The molecule has 1 saturated heterocycles. The van der Waals surface area contributed by atoms with Crippen LogP contribution in [0.15, 0.2) is 57.7 Å². The first-order valence-electron chi connectivity index (χ1n) is 9.49. The van der Waals surface area contributed by atoms with Crippen molar-refractivity contribution < 1.29 is 9.52 Å². The fourth-order valence-electron chi connectivity index (χ4n) is 4.06. The van der Waals surface area contributed by atoms with Gasteiger partial charge in [0.2, 0.25) is 0 Å². The molecule has 1 aliphatic rings. The minimum atomic E-state index is -0.382. The molecule has 4 aromatic rings. The van der Waals surface area contributed by atoms with E-state index in [-0.39, 0.29) is 11.4 Å². The molecule has 28 heavy (non-hydrogen) atoms. The smallest absolute Gasteiger partial charge is 0.336 e. The van der Waals surface area contributed by atoms with Gasteiger partial charge >= 0.3 is 5.63 Å². The number of phenolic OH excluding ortho intramolecular Hbond substituents is 1. The highest BCUT2D eigenvalue weighted by Gasteiger charge is 2.24. The third kappa shape index (κ3) is 3.30. The van der Waals surface area contributed by atoms with E-state index in [0.29, 0.717) is 18.0 Å². The predicted molar refractivity (Wildman–Crippen MR) is 111 cm³/mol. The molecular formula is C22H20N2O3S. The van der Waals surface area contributed by atoms with Crippen molar-refractivity contribution in [2.75, 3.05) is 13.1 Å². The number of phenols is 1. The van der Waals surface area contributed by atoms with E-state index >= 15 is 0 Å². The molecule has 0 amide bonds. The summed E-state index contributed by atoms with van der Waals surface area (Å²) in [7, 11) is 0. The fraction of sp³-hybridized carbons (Fsp3) is 0.273. The molecule has 0 spiro atoms. The first kappa shape index (κ1) is 17.4. The fourth-order valence-corrected chi connectivity index (χ4v) is 5.15. The molecule has 0 radical (unpaired) electrons. The van der Waals surface area contributed by atoms with Crippen LogP contribution in [0.2, 0.25) is 0 Å². The highest BCUT2D eigenvalue weighted by atomic mass is 32.1. The summed E-state index contributed by atoms with van der Waals surface area (Å²) < 4.78 is 6.49. The predicted octanol–water partition coefficient (Wildman–Crippen LogP) is 4.49. The SMILES string of the molecule is O=c1cc(CN2CCC[C@H](c3nc4ccccc4s3)C2)c2ccc(O)cc2o1. The Morgan fingerprint density at radius 1 is 1.21 bits per heavy atom. The molecule has 0 unspecified atom stereocenters. The van der Waals surface area contributed by atoms with Gasteiger partial charge in [-0.05, 0) is 49.2 Å². The van der Waals surface area contributed by atoms with E-state index in [1.54, 1.807) is 23.5 Å². The van der Waals surface area contributed by atoms with Crippen LogP contribution in [0, 0.1) is 0 Å². The van der Waals surface area contributed by atoms with E-state index in [9.17, 15) is 9.90 Å². The number of hydrogen-bond donors (Lipinski definition) is 1. The molecule has 5 rings (SSSR count). The Bertz CT molecular complexity index is 1180. The number of aromatic nitrogens is 1. The number of aromatic hydroxyl groups is 1. The molecule has 2 aromatic carbocycles. The van der Waals surface area contributed by atoms with E-state index in [2.05, 4.69) is 23.1 Å². The molecule has 6 heteroatoms. The number of rotatable bonds is 3. The van der Waals surface area contributed by atoms with Crippen LogP contribution in [-0.4, -0.2) is 28.1 Å². The summed E-state index contributed by atoms with van der Waals surface area (Å²) in [6, 6.07) is 14.8. The number of benzene rings is 2. The number of para-hydroxylation sites is 1. The quantitative estimate of drug-likeness (QED) is 0.521. The van der Waals surface area contributed by atoms with Crippen molar-refractivity contribution >= 4 is 32.5 Å². The second kappa shape index (κ2) is 7.04. The van der Waals surface area contributed by atoms with E-state index < -0.39 is 0 Å². The zero-order valence-electron chi connectivity index (χ0n) is 15.3. The molecule has 1 aliphatic heterocycles. The monoisotopic (exact) mass is 392 g/mol. The normalized spacial score (nSPS) is 18.1. The van der Waals surface area contributed by atoms with Gasteiger partial charge in [0, 0.05) is 36.5 Å². The minimum Gasteiger partial charge on any atom is -0.508 e. The van der Waals surface area contributed by atoms with Gasteiger partial charge in [0.15, 0.2) is 0 Å². The molecule has 5 nitrogen and oxygen atoms in total. The van der Waals surface area contributed by atoms with Crippen molar-refractivity contribution in [3.8, 4) is 5.75 Å². The van der Waals surface area contributed by atoms with Crippen LogP contribution in [-0.2, 0) is 6.54 Å².